The topological polar surface area (TPSA) is 171 Å². The molecule has 1 aromatic heterocycles. The van der Waals surface area contributed by atoms with Gasteiger partial charge in [0.1, 0.15) is 22.8 Å². The summed E-state index contributed by atoms with van der Waals surface area (Å²) in [6.07, 6.45) is 3.32. The van der Waals surface area contributed by atoms with Crippen LogP contribution in [-0.2, 0) is 16.0 Å². The molecule has 6 N–H and O–H groups in total. The fourth-order valence-corrected chi connectivity index (χ4v) is 5.41. The number of amides is 1. The van der Waals surface area contributed by atoms with Crippen LogP contribution in [0.5, 0.6) is 5.75 Å². The third-order valence-electron chi connectivity index (χ3n) is 6.92. The Morgan fingerprint density at radius 3 is 2.55 bits per heavy atom. The van der Waals surface area contributed by atoms with Gasteiger partial charge in [-0.15, -0.1) is 0 Å². The molecule has 1 aromatic carbocycles. The summed E-state index contributed by atoms with van der Waals surface area (Å²) in [5.74, 6) is -6.42. The van der Waals surface area contributed by atoms with Crippen LogP contribution < -0.4 is 5.73 Å². The summed E-state index contributed by atoms with van der Waals surface area (Å²) in [6, 6.07) is 6.62. The Kier molecular flexibility index (Phi) is 4.44. The van der Waals surface area contributed by atoms with Crippen molar-refractivity contribution in [2.75, 3.05) is 0 Å². The Labute approximate surface area is 187 Å². The number of allylic oxidation sites excluding steroid dienone is 2. The van der Waals surface area contributed by atoms with Crippen LogP contribution in [-0.4, -0.2) is 48.5 Å². The van der Waals surface area contributed by atoms with Crippen molar-refractivity contribution in [3.8, 4) is 16.9 Å². The molecule has 0 bridgehead atoms. The lowest BCUT2D eigenvalue weighted by Gasteiger charge is -2.45. The highest BCUT2D eigenvalue weighted by atomic mass is 16.3. The van der Waals surface area contributed by atoms with E-state index >= 15 is 0 Å². The Morgan fingerprint density at radius 2 is 1.88 bits per heavy atom. The summed E-state index contributed by atoms with van der Waals surface area (Å²) in [7, 11) is 0. The van der Waals surface area contributed by atoms with Crippen molar-refractivity contribution in [1.29, 1.82) is 0 Å². The zero-order chi connectivity index (χ0) is 23.7. The summed E-state index contributed by atoms with van der Waals surface area (Å²) >= 11 is 0. The maximum absolute atomic E-state index is 13.5. The Hall–Kier alpha value is -3.98. The summed E-state index contributed by atoms with van der Waals surface area (Å²) in [5, 5.41) is 43.0. The fraction of sp³-hybridized carbons (Fsp3) is 0.250. The second kappa shape index (κ2) is 7.01. The molecule has 3 aliphatic carbocycles. The number of benzene rings is 1. The van der Waals surface area contributed by atoms with Crippen molar-refractivity contribution in [3.63, 3.8) is 0 Å². The highest BCUT2D eigenvalue weighted by Crippen LogP contribution is 2.52. The first-order valence-electron chi connectivity index (χ1n) is 10.4. The average molecular weight is 448 g/mol. The quantitative estimate of drug-likeness (QED) is 0.432. The molecule has 3 aliphatic rings. The Balaban J connectivity index is 1.69. The molecule has 0 saturated heterocycles. The van der Waals surface area contributed by atoms with Crippen molar-refractivity contribution < 1.29 is 34.8 Å². The van der Waals surface area contributed by atoms with E-state index in [1.807, 2.05) is 6.07 Å². The lowest BCUT2D eigenvalue weighted by molar-refractivity contribution is -0.144. The van der Waals surface area contributed by atoms with E-state index < -0.39 is 52.0 Å². The monoisotopic (exact) mass is 448 g/mol. The number of pyridine rings is 1. The molecule has 0 aliphatic heterocycles. The van der Waals surface area contributed by atoms with Gasteiger partial charge in [-0.2, -0.15) is 0 Å². The number of fused-ring (bicyclic) bond motifs is 3. The third-order valence-corrected chi connectivity index (χ3v) is 6.92. The predicted octanol–water partition coefficient (Wildman–Crippen LogP) is 1.64. The molecular formula is C24H20N2O7. The van der Waals surface area contributed by atoms with Crippen molar-refractivity contribution in [3.05, 3.63) is 70.5 Å². The maximum Gasteiger partial charge on any atom is 0.255 e. The first-order valence-corrected chi connectivity index (χ1v) is 10.4. The second-order valence-electron chi connectivity index (χ2n) is 8.64. The highest BCUT2D eigenvalue weighted by molar-refractivity contribution is 6.24. The number of aliphatic hydroxyl groups is 3. The van der Waals surface area contributed by atoms with Gasteiger partial charge in [0.25, 0.3) is 5.91 Å². The van der Waals surface area contributed by atoms with Gasteiger partial charge in [-0.3, -0.25) is 19.4 Å². The van der Waals surface area contributed by atoms with Crippen molar-refractivity contribution >= 4 is 17.5 Å². The first-order chi connectivity index (χ1) is 15.7. The normalized spacial score (nSPS) is 26.6. The van der Waals surface area contributed by atoms with Crippen LogP contribution in [0.15, 0.2) is 59.3 Å². The lowest BCUT2D eigenvalue weighted by atomic mass is 9.60. The number of aliphatic hydroxyl groups excluding tert-OH is 2. The number of carbonyl (C=O) groups excluding carboxylic acids is 3. The number of nitrogens with two attached hydrogens (primary N) is 1. The standard InChI is InChI=1S/C24H20N2O7/c25-23(32)19-16(28)8-12-6-11-7-14-13(10-2-1-5-26-9-10)3-4-15(27)18(14)20(29)17(11)21(30)24(12,33)22(19)31/h1-5,9,11-12,27-28,30,33H,6-8H2,(H2,25,32)/t11-,12+,24+/m1/s1. The number of hydrogen-bond acceptors (Lipinski definition) is 8. The van der Waals surface area contributed by atoms with Crippen LogP contribution in [0.4, 0.5) is 0 Å². The molecule has 5 rings (SSSR count). The van der Waals surface area contributed by atoms with E-state index in [0.29, 0.717) is 11.1 Å². The number of primary amides is 1. The van der Waals surface area contributed by atoms with E-state index in [1.165, 1.54) is 6.07 Å². The van der Waals surface area contributed by atoms with Gasteiger partial charge in [0, 0.05) is 35.9 Å². The molecule has 0 radical (unpaired) electrons. The summed E-state index contributed by atoms with van der Waals surface area (Å²) < 4.78 is 0. The summed E-state index contributed by atoms with van der Waals surface area (Å²) in [5.41, 5.74) is 3.65. The van der Waals surface area contributed by atoms with E-state index in [2.05, 4.69) is 4.98 Å². The fourth-order valence-electron chi connectivity index (χ4n) is 5.41. The molecule has 9 nitrogen and oxygen atoms in total. The smallest absolute Gasteiger partial charge is 0.255 e. The zero-order valence-corrected chi connectivity index (χ0v) is 17.3. The van der Waals surface area contributed by atoms with E-state index in [9.17, 15) is 34.8 Å². The molecular weight excluding hydrogens is 428 g/mol. The summed E-state index contributed by atoms with van der Waals surface area (Å²) in [4.78, 5) is 42.2. The molecule has 1 heterocycles. The number of ketones is 2. The van der Waals surface area contributed by atoms with Gasteiger partial charge in [-0.25, -0.2) is 0 Å². The molecule has 0 unspecified atom stereocenters. The van der Waals surface area contributed by atoms with Crippen molar-refractivity contribution in [1.82, 2.24) is 4.98 Å². The number of nitrogens with zero attached hydrogens (tertiary/aromatic N) is 1. The van der Waals surface area contributed by atoms with Crippen LogP contribution in [0.25, 0.3) is 11.1 Å². The summed E-state index contributed by atoms with van der Waals surface area (Å²) in [6.45, 7) is 0. The molecule has 1 amide bonds. The highest BCUT2D eigenvalue weighted by Gasteiger charge is 2.59. The molecule has 0 saturated carbocycles. The van der Waals surface area contributed by atoms with Gasteiger partial charge in [-0.1, -0.05) is 12.1 Å². The number of phenolic OH excluding ortho intramolecular Hbond substituents is 1. The Morgan fingerprint density at radius 1 is 1.12 bits per heavy atom. The average Bonchev–Trinajstić information content (AvgIpc) is 2.76. The van der Waals surface area contributed by atoms with Crippen LogP contribution in [0.3, 0.4) is 0 Å². The number of phenols is 1. The van der Waals surface area contributed by atoms with Gasteiger partial charge >= 0.3 is 0 Å². The predicted molar refractivity (Wildman–Crippen MR) is 114 cm³/mol. The molecule has 0 fully saturated rings. The number of aromatic nitrogens is 1. The van der Waals surface area contributed by atoms with Gasteiger partial charge < -0.3 is 26.2 Å². The molecule has 33 heavy (non-hydrogen) atoms. The number of aromatic hydroxyl groups is 1. The van der Waals surface area contributed by atoms with E-state index in [1.54, 1.807) is 24.5 Å². The first kappa shape index (κ1) is 20.9. The van der Waals surface area contributed by atoms with Crippen molar-refractivity contribution in [2.45, 2.75) is 24.9 Å². The van der Waals surface area contributed by atoms with Crippen LogP contribution in [0, 0.1) is 11.8 Å². The lowest BCUT2D eigenvalue weighted by Crippen LogP contribution is -2.57. The SMILES string of the molecule is NC(=O)C1=C(O)C[C@@H]2C[C@@H]3Cc4c(-c5cccnc5)ccc(O)c4C(=O)C3=C(O)[C@]2(O)C1=O. The minimum absolute atomic E-state index is 0.0204. The van der Waals surface area contributed by atoms with Gasteiger partial charge in [0.15, 0.2) is 11.4 Å². The number of Topliss-reactive ketones (excluding diaryl/α,β-unsaturated/α-hetero) is 2. The van der Waals surface area contributed by atoms with Gasteiger partial charge in [-0.05, 0) is 42.0 Å². The zero-order valence-electron chi connectivity index (χ0n) is 17.3. The number of carbonyl (C=O) groups is 3. The van der Waals surface area contributed by atoms with E-state index in [4.69, 9.17) is 5.73 Å². The molecule has 0 spiro atoms. The number of hydrogen-bond donors (Lipinski definition) is 5. The van der Waals surface area contributed by atoms with Crippen LogP contribution in [0.1, 0.15) is 28.8 Å². The third kappa shape index (κ3) is 2.75. The minimum Gasteiger partial charge on any atom is -0.511 e. The van der Waals surface area contributed by atoms with Crippen LogP contribution in [0.2, 0.25) is 0 Å². The molecule has 3 atom stereocenters. The Bertz CT molecular complexity index is 1310. The van der Waals surface area contributed by atoms with E-state index in [-0.39, 0.29) is 36.1 Å². The van der Waals surface area contributed by atoms with E-state index in [0.717, 1.165) is 5.56 Å². The second-order valence-corrected chi connectivity index (χ2v) is 8.64. The van der Waals surface area contributed by atoms with Crippen molar-refractivity contribution in [2.24, 2.45) is 17.6 Å². The molecule has 168 valence electrons. The number of rotatable bonds is 2. The van der Waals surface area contributed by atoms with Gasteiger partial charge in [0.2, 0.25) is 5.78 Å². The molecule has 9 heteroatoms. The molecule has 2 aromatic rings. The largest absolute Gasteiger partial charge is 0.511 e. The van der Waals surface area contributed by atoms with Crippen LogP contribution >= 0.6 is 0 Å². The minimum atomic E-state index is -2.56. The maximum atomic E-state index is 13.5. The van der Waals surface area contributed by atoms with Gasteiger partial charge in [0.05, 0.1) is 5.56 Å².